The van der Waals surface area contributed by atoms with Gasteiger partial charge < -0.3 is 4.42 Å². The Labute approximate surface area is 323 Å². The SMILES string of the molecule is c1ccc2c(c1)-c1ccccc1C21c2ccccc2-c2cc3c(cc21)oc1cc(-c2c4ccccc4c(-c4ccc5ccccc5c4)c4ccccc24)ccc13. The standard InChI is InChI=1S/C55H32O/c1-2-14-34-29-35(26-25-33(34)13-1)53-41-18-3-5-20-43(41)54(44-21-6-4-19-42(44)53)36-27-28-40-46-31-45-39-17-9-12-24-49(39)55(50(45)32-52(46)56-51(40)30-36)47-22-10-7-15-37(47)38-16-8-11-23-48(38)55/h1-32H. The molecule has 10 aromatic carbocycles. The highest BCUT2D eigenvalue weighted by Crippen LogP contribution is 2.63. The summed E-state index contributed by atoms with van der Waals surface area (Å²) in [6, 6.07) is 71.8. The van der Waals surface area contributed by atoms with E-state index >= 15 is 0 Å². The molecule has 0 unspecified atom stereocenters. The second kappa shape index (κ2) is 10.9. The van der Waals surface area contributed by atoms with Crippen molar-refractivity contribution in [1.82, 2.24) is 0 Å². The van der Waals surface area contributed by atoms with Crippen molar-refractivity contribution in [2.45, 2.75) is 5.41 Å². The van der Waals surface area contributed by atoms with Gasteiger partial charge in [-0.2, -0.15) is 0 Å². The summed E-state index contributed by atoms with van der Waals surface area (Å²) in [4.78, 5) is 0. The van der Waals surface area contributed by atoms with Crippen molar-refractivity contribution < 1.29 is 4.42 Å². The summed E-state index contributed by atoms with van der Waals surface area (Å²) in [7, 11) is 0. The maximum Gasteiger partial charge on any atom is 0.136 e. The summed E-state index contributed by atoms with van der Waals surface area (Å²) >= 11 is 0. The molecule has 56 heavy (non-hydrogen) atoms. The molecule has 1 heterocycles. The molecule has 0 aliphatic heterocycles. The van der Waals surface area contributed by atoms with Gasteiger partial charge in [-0.05, 0) is 129 Å². The van der Waals surface area contributed by atoms with Crippen LogP contribution in [0.2, 0.25) is 0 Å². The van der Waals surface area contributed by atoms with Gasteiger partial charge in [-0.15, -0.1) is 0 Å². The van der Waals surface area contributed by atoms with E-state index in [0.29, 0.717) is 0 Å². The van der Waals surface area contributed by atoms with E-state index in [4.69, 9.17) is 4.42 Å². The third-order valence-electron chi connectivity index (χ3n) is 12.8. The topological polar surface area (TPSA) is 13.1 Å². The van der Waals surface area contributed by atoms with Gasteiger partial charge in [-0.1, -0.05) is 164 Å². The van der Waals surface area contributed by atoms with Gasteiger partial charge in [0.05, 0.1) is 5.41 Å². The molecule has 13 rings (SSSR count). The Bertz CT molecular complexity index is 3390. The molecule has 2 aliphatic carbocycles. The fourth-order valence-corrected chi connectivity index (χ4v) is 10.6. The highest BCUT2D eigenvalue weighted by Gasteiger charge is 2.51. The van der Waals surface area contributed by atoms with Crippen LogP contribution in [-0.4, -0.2) is 0 Å². The number of furan rings is 1. The molecular weight excluding hydrogens is 677 g/mol. The Morgan fingerprint density at radius 2 is 0.750 bits per heavy atom. The second-order valence-electron chi connectivity index (χ2n) is 15.5. The van der Waals surface area contributed by atoms with Crippen LogP contribution in [0.1, 0.15) is 22.3 Å². The van der Waals surface area contributed by atoms with Crippen LogP contribution in [0.3, 0.4) is 0 Å². The van der Waals surface area contributed by atoms with Gasteiger partial charge in [0, 0.05) is 10.8 Å². The zero-order chi connectivity index (χ0) is 36.5. The van der Waals surface area contributed by atoms with Gasteiger partial charge in [0.1, 0.15) is 11.2 Å². The molecule has 0 radical (unpaired) electrons. The lowest BCUT2D eigenvalue weighted by atomic mass is 9.70. The first kappa shape index (κ1) is 30.1. The molecule has 1 nitrogen and oxygen atoms in total. The largest absolute Gasteiger partial charge is 0.456 e. The average molecular weight is 709 g/mol. The molecule has 0 amide bonds. The minimum atomic E-state index is -0.401. The summed E-state index contributed by atoms with van der Waals surface area (Å²) < 4.78 is 6.98. The van der Waals surface area contributed by atoms with Crippen molar-refractivity contribution in [3.05, 3.63) is 216 Å². The van der Waals surface area contributed by atoms with Crippen LogP contribution in [-0.2, 0) is 5.41 Å². The number of rotatable bonds is 2. The van der Waals surface area contributed by atoms with E-state index in [2.05, 4.69) is 194 Å². The minimum Gasteiger partial charge on any atom is -0.456 e. The molecule has 1 aromatic heterocycles. The van der Waals surface area contributed by atoms with Crippen LogP contribution in [0, 0.1) is 0 Å². The van der Waals surface area contributed by atoms with E-state index in [9.17, 15) is 0 Å². The number of hydrogen-bond donors (Lipinski definition) is 0. The molecule has 0 saturated heterocycles. The van der Waals surface area contributed by atoms with Gasteiger partial charge in [0.15, 0.2) is 0 Å². The first-order chi connectivity index (χ1) is 27.8. The molecule has 258 valence electrons. The van der Waals surface area contributed by atoms with Gasteiger partial charge in [-0.3, -0.25) is 0 Å². The van der Waals surface area contributed by atoms with E-state index in [1.54, 1.807) is 0 Å². The third-order valence-corrected chi connectivity index (χ3v) is 12.8. The number of fused-ring (bicyclic) bond motifs is 16. The lowest BCUT2D eigenvalue weighted by Gasteiger charge is -2.30. The maximum atomic E-state index is 6.98. The van der Waals surface area contributed by atoms with E-state index < -0.39 is 5.41 Å². The smallest absolute Gasteiger partial charge is 0.136 e. The fourth-order valence-electron chi connectivity index (χ4n) is 10.6. The van der Waals surface area contributed by atoms with E-state index in [1.807, 2.05) is 0 Å². The maximum absolute atomic E-state index is 6.98. The zero-order valence-corrected chi connectivity index (χ0v) is 30.4. The van der Waals surface area contributed by atoms with Crippen LogP contribution in [0.4, 0.5) is 0 Å². The molecule has 11 aromatic rings. The highest BCUT2D eigenvalue weighted by atomic mass is 16.3. The average Bonchev–Trinajstić information content (AvgIpc) is 3.87. The molecular formula is C55H32O. The van der Waals surface area contributed by atoms with Crippen molar-refractivity contribution in [3.63, 3.8) is 0 Å². The summed E-state index contributed by atoms with van der Waals surface area (Å²) in [6.45, 7) is 0. The zero-order valence-electron chi connectivity index (χ0n) is 30.4. The first-order valence-corrected chi connectivity index (χ1v) is 19.5. The number of benzene rings is 10. The van der Waals surface area contributed by atoms with Gasteiger partial charge in [-0.25, -0.2) is 0 Å². The van der Waals surface area contributed by atoms with Gasteiger partial charge >= 0.3 is 0 Å². The third kappa shape index (κ3) is 3.79. The van der Waals surface area contributed by atoms with Crippen LogP contribution < -0.4 is 0 Å². The van der Waals surface area contributed by atoms with Crippen LogP contribution in [0.15, 0.2) is 199 Å². The van der Waals surface area contributed by atoms with Crippen molar-refractivity contribution in [3.8, 4) is 44.5 Å². The monoisotopic (exact) mass is 708 g/mol. The summed E-state index contributed by atoms with van der Waals surface area (Å²) in [5.74, 6) is 0. The summed E-state index contributed by atoms with van der Waals surface area (Å²) in [6.07, 6.45) is 0. The molecule has 0 bridgehead atoms. The van der Waals surface area contributed by atoms with E-state index in [-0.39, 0.29) is 0 Å². The summed E-state index contributed by atoms with van der Waals surface area (Å²) in [5, 5.41) is 9.76. The van der Waals surface area contributed by atoms with Crippen LogP contribution in [0.25, 0.3) is 98.8 Å². The molecule has 1 heteroatoms. The lowest BCUT2D eigenvalue weighted by Crippen LogP contribution is -2.25. The van der Waals surface area contributed by atoms with Crippen molar-refractivity contribution in [2.24, 2.45) is 0 Å². The highest BCUT2D eigenvalue weighted by molar-refractivity contribution is 6.22. The Morgan fingerprint density at radius 1 is 0.286 bits per heavy atom. The molecule has 2 aliphatic rings. The molecule has 0 atom stereocenters. The van der Waals surface area contributed by atoms with Crippen LogP contribution >= 0.6 is 0 Å². The Kier molecular flexibility index (Phi) is 5.89. The Balaban J connectivity index is 1.05. The quantitative estimate of drug-likeness (QED) is 0.163. The predicted molar refractivity (Wildman–Crippen MR) is 233 cm³/mol. The summed E-state index contributed by atoms with van der Waals surface area (Å²) in [5.41, 5.74) is 16.9. The van der Waals surface area contributed by atoms with Crippen molar-refractivity contribution >= 4 is 54.3 Å². The second-order valence-corrected chi connectivity index (χ2v) is 15.5. The normalized spacial score (nSPS) is 13.5. The predicted octanol–water partition coefficient (Wildman–Crippen LogP) is 14.7. The van der Waals surface area contributed by atoms with E-state index in [0.717, 1.165) is 27.5 Å². The molecule has 1 spiro atoms. The lowest BCUT2D eigenvalue weighted by molar-refractivity contribution is 0.666. The fraction of sp³-hybridized carbons (Fsp3) is 0.0182. The Hall–Kier alpha value is -7.22. The molecule has 0 saturated carbocycles. The Morgan fingerprint density at radius 3 is 1.36 bits per heavy atom. The first-order valence-electron chi connectivity index (χ1n) is 19.5. The number of hydrogen-bond acceptors (Lipinski definition) is 1. The molecule has 0 N–H and O–H groups in total. The van der Waals surface area contributed by atoms with Gasteiger partial charge in [0.2, 0.25) is 0 Å². The van der Waals surface area contributed by atoms with E-state index in [1.165, 1.54) is 93.5 Å². The van der Waals surface area contributed by atoms with Gasteiger partial charge in [0.25, 0.3) is 0 Å². The molecule has 0 fully saturated rings. The van der Waals surface area contributed by atoms with Crippen molar-refractivity contribution in [1.29, 1.82) is 0 Å². The van der Waals surface area contributed by atoms with Crippen LogP contribution in [0.5, 0.6) is 0 Å². The van der Waals surface area contributed by atoms with Crippen molar-refractivity contribution in [2.75, 3.05) is 0 Å². The minimum absolute atomic E-state index is 0.401.